The molecule has 1 fully saturated rings. The Balaban J connectivity index is 2.57. The number of likely N-dealkylation sites (N-methyl/N-ethyl adjacent to an activating group) is 1. The largest absolute Gasteiger partial charge is 0.391 e. The van der Waals surface area contributed by atoms with Crippen molar-refractivity contribution in [2.45, 2.75) is 57.7 Å². The molecule has 1 aliphatic carbocycles. The maximum Gasteiger partial charge on any atom is 0.146 e. The van der Waals surface area contributed by atoms with E-state index in [9.17, 15) is 9.90 Å². The molecule has 0 heterocycles. The molecule has 3 heteroatoms. The first-order chi connectivity index (χ1) is 6.54. The van der Waals surface area contributed by atoms with E-state index < -0.39 is 0 Å². The monoisotopic (exact) mass is 199 g/mol. The van der Waals surface area contributed by atoms with Gasteiger partial charge in [-0.1, -0.05) is 12.8 Å². The van der Waals surface area contributed by atoms with Gasteiger partial charge in [-0.3, -0.25) is 9.69 Å². The van der Waals surface area contributed by atoms with Crippen LogP contribution in [0.5, 0.6) is 0 Å². The fraction of sp³-hybridized carbons (Fsp3) is 0.909. The number of carbonyl (C=O) groups is 1. The van der Waals surface area contributed by atoms with E-state index in [2.05, 4.69) is 0 Å². The molecule has 0 aromatic rings. The van der Waals surface area contributed by atoms with Gasteiger partial charge in [0.1, 0.15) is 5.78 Å². The molecule has 0 radical (unpaired) electrons. The molecular weight excluding hydrogens is 178 g/mol. The lowest BCUT2D eigenvalue weighted by molar-refractivity contribution is -0.123. The zero-order valence-corrected chi connectivity index (χ0v) is 9.36. The number of rotatable bonds is 3. The second-order valence-corrected chi connectivity index (χ2v) is 4.37. The average molecular weight is 199 g/mol. The van der Waals surface area contributed by atoms with Crippen molar-refractivity contribution in [3.8, 4) is 0 Å². The van der Waals surface area contributed by atoms with E-state index in [1.54, 1.807) is 6.92 Å². The minimum absolute atomic E-state index is 0.0762. The number of ketones is 1. The zero-order valence-electron chi connectivity index (χ0n) is 9.36. The molecule has 0 bridgehead atoms. The lowest BCUT2D eigenvalue weighted by Gasteiger charge is -2.37. The Hall–Kier alpha value is -0.410. The molecule has 0 aromatic carbocycles. The summed E-state index contributed by atoms with van der Waals surface area (Å²) >= 11 is 0. The summed E-state index contributed by atoms with van der Waals surface area (Å²) in [5.41, 5.74) is 0. The van der Waals surface area contributed by atoms with Crippen LogP contribution < -0.4 is 0 Å². The minimum Gasteiger partial charge on any atom is -0.391 e. The lowest BCUT2D eigenvalue weighted by Crippen LogP contribution is -2.49. The summed E-state index contributed by atoms with van der Waals surface area (Å²) in [4.78, 5) is 13.2. The van der Waals surface area contributed by atoms with Crippen molar-refractivity contribution in [2.75, 3.05) is 7.05 Å². The summed E-state index contributed by atoms with van der Waals surface area (Å²) in [6.07, 6.45) is 3.90. The Labute approximate surface area is 86.1 Å². The minimum atomic E-state index is -0.254. The summed E-state index contributed by atoms with van der Waals surface area (Å²) in [6, 6.07) is 0.0930. The van der Waals surface area contributed by atoms with E-state index in [4.69, 9.17) is 0 Å². The van der Waals surface area contributed by atoms with Crippen LogP contribution in [0, 0.1) is 0 Å². The molecule has 82 valence electrons. The number of aliphatic hydroxyl groups excluding tert-OH is 1. The molecule has 0 amide bonds. The van der Waals surface area contributed by atoms with Gasteiger partial charge in [-0.15, -0.1) is 0 Å². The number of Topliss-reactive ketones (excluding diaryl/α,β-unsaturated/α-hetero) is 1. The van der Waals surface area contributed by atoms with Crippen molar-refractivity contribution in [1.29, 1.82) is 0 Å². The van der Waals surface area contributed by atoms with Crippen LogP contribution in [0.25, 0.3) is 0 Å². The van der Waals surface area contributed by atoms with Gasteiger partial charge in [0.15, 0.2) is 0 Å². The molecular formula is C11H21NO2. The van der Waals surface area contributed by atoms with Crippen LogP contribution >= 0.6 is 0 Å². The molecule has 1 rings (SSSR count). The van der Waals surface area contributed by atoms with Gasteiger partial charge in [-0.25, -0.2) is 0 Å². The van der Waals surface area contributed by atoms with Gasteiger partial charge in [-0.2, -0.15) is 0 Å². The number of nitrogens with zero attached hydrogens (tertiary/aromatic N) is 1. The highest BCUT2D eigenvalue weighted by atomic mass is 16.3. The quantitative estimate of drug-likeness (QED) is 0.742. The maximum absolute atomic E-state index is 11.2. The zero-order chi connectivity index (χ0) is 10.7. The van der Waals surface area contributed by atoms with E-state index in [0.29, 0.717) is 0 Å². The molecule has 1 saturated carbocycles. The third-order valence-corrected chi connectivity index (χ3v) is 3.42. The highest BCUT2D eigenvalue weighted by Gasteiger charge is 2.30. The fourth-order valence-corrected chi connectivity index (χ4v) is 2.14. The van der Waals surface area contributed by atoms with Crippen molar-refractivity contribution in [2.24, 2.45) is 0 Å². The third kappa shape index (κ3) is 2.55. The van der Waals surface area contributed by atoms with Gasteiger partial charge < -0.3 is 5.11 Å². The summed E-state index contributed by atoms with van der Waals surface area (Å²) in [5, 5.41) is 9.82. The molecule has 3 atom stereocenters. The van der Waals surface area contributed by atoms with Crippen molar-refractivity contribution in [1.82, 2.24) is 4.90 Å². The Bertz CT molecular complexity index is 205. The summed E-state index contributed by atoms with van der Waals surface area (Å²) in [7, 11) is 1.94. The average Bonchev–Trinajstić information content (AvgIpc) is 2.16. The summed E-state index contributed by atoms with van der Waals surface area (Å²) in [5.74, 6) is 0.172. The standard InChI is InChI=1S/C11H21NO2/c1-8(9(2)13)12(3)10-6-4-5-7-11(10)14/h8,10-11,14H,4-7H2,1-3H3. The Kier molecular flexibility index (Phi) is 4.08. The van der Waals surface area contributed by atoms with E-state index >= 15 is 0 Å². The van der Waals surface area contributed by atoms with Crippen LogP contribution in [-0.2, 0) is 4.79 Å². The van der Waals surface area contributed by atoms with Gasteiger partial charge in [0.05, 0.1) is 12.1 Å². The molecule has 0 aromatic heterocycles. The molecule has 0 aliphatic heterocycles. The third-order valence-electron chi connectivity index (χ3n) is 3.42. The molecule has 0 saturated heterocycles. The SMILES string of the molecule is CC(=O)C(C)N(C)C1CCCCC1O. The van der Waals surface area contributed by atoms with Gasteiger partial charge in [0, 0.05) is 6.04 Å². The van der Waals surface area contributed by atoms with Crippen molar-refractivity contribution in [3.63, 3.8) is 0 Å². The second kappa shape index (κ2) is 4.89. The van der Waals surface area contributed by atoms with Crippen LogP contribution in [0.2, 0.25) is 0 Å². The highest BCUT2D eigenvalue weighted by Crippen LogP contribution is 2.23. The smallest absolute Gasteiger partial charge is 0.146 e. The first-order valence-electron chi connectivity index (χ1n) is 5.44. The fourth-order valence-electron chi connectivity index (χ4n) is 2.14. The van der Waals surface area contributed by atoms with Crippen LogP contribution in [0.15, 0.2) is 0 Å². The Morgan fingerprint density at radius 2 is 2.00 bits per heavy atom. The molecule has 0 spiro atoms. The predicted molar refractivity (Wildman–Crippen MR) is 56.2 cm³/mol. The van der Waals surface area contributed by atoms with E-state index in [0.717, 1.165) is 25.7 Å². The first kappa shape index (κ1) is 11.7. The van der Waals surface area contributed by atoms with E-state index in [1.807, 2.05) is 18.9 Å². The van der Waals surface area contributed by atoms with Crippen LogP contribution in [0.1, 0.15) is 39.5 Å². The lowest BCUT2D eigenvalue weighted by atomic mass is 9.90. The van der Waals surface area contributed by atoms with Gasteiger partial charge in [-0.05, 0) is 33.7 Å². The van der Waals surface area contributed by atoms with E-state index in [1.165, 1.54) is 0 Å². The van der Waals surface area contributed by atoms with Crippen molar-refractivity contribution < 1.29 is 9.90 Å². The topological polar surface area (TPSA) is 40.5 Å². The number of carbonyl (C=O) groups excluding carboxylic acids is 1. The second-order valence-electron chi connectivity index (χ2n) is 4.37. The molecule has 3 unspecified atom stereocenters. The van der Waals surface area contributed by atoms with E-state index in [-0.39, 0.29) is 24.0 Å². The summed E-state index contributed by atoms with van der Waals surface area (Å²) in [6.45, 7) is 3.51. The molecule has 3 nitrogen and oxygen atoms in total. The molecule has 1 N–H and O–H groups in total. The molecule has 1 aliphatic rings. The van der Waals surface area contributed by atoms with Crippen molar-refractivity contribution >= 4 is 5.78 Å². The predicted octanol–water partition coefficient (Wildman–Crippen LogP) is 1.20. The Morgan fingerprint density at radius 3 is 2.50 bits per heavy atom. The van der Waals surface area contributed by atoms with Crippen LogP contribution in [0.3, 0.4) is 0 Å². The summed E-state index contributed by atoms with van der Waals surface area (Å²) < 4.78 is 0. The number of hydrogen-bond donors (Lipinski definition) is 1. The van der Waals surface area contributed by atoms with Gasteiger partial charge in [0.2, 0.25) is 0 Å². The van der Waals surface area contributed by atoms with Gasteiger partial charge >= 0.3 is 0 Å². The molecule has 14 heavy (non-hydrogen) atoms. The highest BCUT2D eigenvalue weighted by molar-refractivity contribution is 5.80. The number of aliphatic hydroxyl groups is 1. The van der Waals surface area contributed by atoms with Crippen LogP contribution in [0.4, 0.5) is 0 Å². The first-order valence-corrected chi connectivity index (χ1v) is 5.44. The van der Waals surface area contributed by atoms with Crippen molar-refractivity contribution in [3.05, 3.63) is 0 Å². The van der Waals surface area contributed by atoms with Gasteiger partial charge in [0.25, 0.3) is 0 Å². The normalized spacial score (nSPS) is 30.4. The Morgan fingerprint density at radius 1 is 1.43 bits per heavy atom. The maximum atomic E-state index is 11.2. The number of hydrogen-bond acceptors (Lipinski definition) is 3. The van der Waals surface area contributed by atoms with Crippen LogP contribution in [-0.4, -0.2) is 41.0 Å².